The van der Waals surface area contributed by atoms with E-state index in [0.29, 0.717) is 5.75 Å². The average Bonchev–Trinajstić information content (AvgIpc) is 2.60. The zero-order chi connectivity index (χ0) is 21.6. The second kappa shape index (κ2) is 7.62. The summed E-state index contributed by atoms with van der Waals surface area (Å²) >= 11 is 3.32. The number of fused-ring (bicyclic) bond motifs is 1. The summed E-state index contributed by atoms with van der Waals surface area (Å²) in [7, 11) is -4.10. The Labute approximate surface area is 179 Å². The van der Waals surface area contributed by atoms with Gasteiger partial charge in [0.15, 0.2) is 0 Å². The van der Waals surface area contributed by atoms with E-state index in [0.717, 1.165) is 8.78 Å². The van der Waals surface area contributed by atoms with Crippen LogP contribution in [0, 0.1) is 0 Å². The van der Waals surface area contributed by atoms with Crippen molar-refractivity contribution < 1.29 is 23.1 Å². The van der Waals surface area contributed by atoms with E-state index < -0.39 is 21.7 Å². The Morgan fingerprint density at radius 2 is 1.76 bits per heavy atom. The van der Waals surface area contributed by atoms with Crippen LogP contribution in [0.25, 0.3) is 0 Å². The molecule has 0 saturated carbocycles. The zero-order valence-corrected chi connectivity index (χ0v) is 19.0. The van der Waals surface area contributed by atoms with Crippen molar-refractivity contribution in [3.8, 4) is 5.75 Å². The zero-order valence-electron chi connectivity index (χ0n) is 16.6. The molecule has 9 heteroatoms. The molecule has 2 aromatic carbocycles. The number of nitrogens with zero attached hydrogens (tertiary/aromatic N) is 2. The molecule has 2 aromatic rings. The fourth-order valence-corrected chi connectivity index (χ4v) is 4.80. The number of amides is 2. The molecule has 1 heterocycles. The van der Waals surface area contributed by atoms with E-state index in [4.69, 9.17) is 4.74 Å². The number of sulfonamides is 1. The number of hydrogen-bond donors (Lipinski definition) is 1. The van der Waals surface area contributed by atoms with Crippen molar-refractivity contribution in [1.82, 2.24) is 0 Å². The van der Waals surface area contributed by atoms with Gasteiger partial charge in [-0.1, -0.05) is 15.9 Å². The number of carbonyl (C=O) groups excluding carboxylic acids is 1. The van der Waals surface area contributed by atoms with Crippen molar-refractivity contribution in [3.05, 3.63) is 46.9 Å². The molecular formula is C20H23BrN2O5S. The molecule has 1 N–H and O–H groups in total. The summed E-state index contributed by atoms with van der Waals surface area (Å²) in [5.74, 6) is 0.372. The fourth-order valence-electron chi connectivity index (χ4n) is 2.98. The van der Waals surface area contributed by atoms with Crippen LogP contribution in [0.1, 0.15) is 27.7 Å². The molecule has 0 radical (unpaired) electrons. The molecule has 1 aliphatic heterocycles. The quantitative estimate of drug-likeness (QED) is 0.691. The first-order valence-electron chi connectivity index (χ1n) is 9.05. The Kier molecular flexibility index (Phi) is 5.68. The summed E-state index contributed by atoms with van der Waals surface area (Å²) in [6.45, 7) is 6.86. The van der Waals surface area contributed by atoms with Gasteiger partial charge < -0.3 is 9.84 Å². The molecular weight excluding hydrogens is 460 g/mol. The highest BCUT2D eigenvalue weighted by Gasteiger charge is 2.43. The third-order valence-electron chi connectivity index (χ3n) is 4.26. The van der Waals surface area contributed by atoms with E-state index in [1.807, 2.05) is 13.8 Å². The molecule has 3 rings (SSSR count). The van der Waals surface area contributed by atoms with Crippen LogP contribution in [-0.2, 0) is 10.0 Å². The van der Waals surface area contributed by atoms with E-state index >= 15 is 0 Å². The molecule has 0 aliphatic carbocycles. The van der Waals surface area contributed by atoms with Gasteiger partial charge in [0.2, 0.25) is 0 Å². The number of carbonyl (C=O) groups is 1. The van der Waals surface area contributed by atoms with Crippen LogP contribution in [0.4, 0.5) is 16.2 Å². The van der Waals surface area contributed by atoms with Crippen molar-refractivity contribution in [2.75, 3.05) is 15.8 Å². The SMILES string of the molecule is CC(C)N1C(=O)N(c2ccc(Br)cc2)S(=O)(=O)c2ccc(OCC(C)(C)O)cc21. The number of rotatable bonds is 5. The first-order valence-corrected chi connectivity index (χ1v) is 11.3. The second-order valence-corrected chi connectivity index (χ2v) is 10.4. The van der Waals surface area contributed by atoms with Crippen molar-refractivity contribution in [2.24, 2.45) is 0 Å². The van der Waals surface area contributed by atoms with Crippen molar-refractivity contribution >= 4 is 43.4 Å². The monoisotopic (exact) mass is 482 g/mol. The van der Waals surface area contributed by atoms with E-state index in [-0.39, 0.29) is 28.9 Å². The number of hydrogen-bond acceptors (Lipinski definition) is 5. The number of halogens is 1. The number of urea groups is 1. The minimum absolute atomic E-state index is 0.0179. The molecule has 0 spiro atoms. The van der Waals surface area contributed by atoms with Crippen LogP contribution < -0.4 is 13.9 Å². The van der Waals surface area contributed by atoms with Crippen molar-refractivity contribution in [1.29, 1.82) is 0 Å². The Hall–Kier alpha value is -2.10. The number of anilines is 2. The van der Waals surface area contributed by atoms with Gasteiger partial charge in [-0.25, -0.2) is 13.2 Å². The highest BCUT2D eigenvalue weighted by molar-refractivity contribution is 9.10. The Bertz CT molecular complexity index is 1030. The third kappa shape index (κ3) is 4.26. The molecule has 156 valence electrons. The molecule has 2 amide bonds. The predicted octanol–water partition coefficient (Wildman–Crippen LogP) is 4.14. The topological polar surface area (TPSA) is 87.2 Å². The van der Waals surface area contributed by atoms with Gasteiger partial charge in [0.1, 0.15) is 17.3 Å². The molecule has 0 atom stereocenters. The van der Waals surface area contributed by atoms with E-state index in [2.05, 4.69) is 15.9 Å². The highest BCUT2D eigenvalue weighted by Crippen LogP contribution is 2.40. The maximum atomic E-state index is 13.3. The van der Waals surface area contributed by atoms with E-state index in [1.54, 1.807) is 38.1 Å². The first-order chi connectivity index (χ1) is 13.4. The Morgan fingerprint density at radius 1 is 1.14 bits per heavy atom. The molecule has 0 aromatic heterocycles. The number of ether oxygens (including phenoxy) is 1. The summed E-state index contributed by atoms with van der Waals surface area (Å²) in [6, 6.07) is 10.0. The molecule has 0 bridgehead atoms. The Balaban J connectivity index is 2.12. The van der Waals surface area contributed by atoms with Crippen LogP contribution >= 0.6 is 15.9 Å². The van der Waals surface area contributed by atoms with Gasteiger partial charge in [0.05, 0.1) is 17.0 Å². The molecule has 0 saturated heterocycles. The largest absolute Gasteiger partial charge is 0.491 e. The smallest absolute Gasteiger partial charge is 0.343 e. The average molecular weight is 483 g/mol. The fraction of sp³-hybridized carbons (Fsp3) is 0.350. The minimum Gasteiger partial charge on any atom is -0.491 e. The predicted molar refractivity (Wildman–Crippen MR) is 115 cm³/mol. The number of aliphatic hydroxyl groups is 1. The lowest BCUT2D eigenvalue weighted by molar-refractivity contribution is 0.0285. The molecule has 1 aliphatic rings. The Morgan fingerprint density at radius 3 is 2.31 bits per heavy atom. The van der Waals surface area contributed by atoms with Gasteiger partial charge in [0, 0.05) is 16.6 Å². The second-order valence-electron chi connectivity index (χ2n) is 7.72. The maximum Gasteiger partial charge on any atom is 0.343 e. The van der Waals surface area contributed by atoms with Crippen LogP contribution in [0.2, 0.25) is 0 Å². The van der Waals surface area contributed by atoms with Crippen LogP contribution in [0.15, 0.2) is 51.8 Å². The van der Waals surface area contributed by atoms with Gasteiger partial charge in [-0.2, -0.15) is 4.31 Å². The summed E-state index contributed by atoms with van der Waals surface area (Å²) in [4.78, 5) is 14.7. The van der Waals surface area contributed by atoms with Gasteiger partial charge in [-0.3, -0.25) is 4.90 Å². The third-order valence-corrected chi connectivity index (χ3v) is 6.54. The maximum absolute atomic E-state index is 13.3. The summed E-state index contributed by atoms with van der Waals surface area (Å²) < 4.78 is 33.8. The van der Waals surface area contributed by atoms with Gasteiger partial charge in [-0.05, 0) is 64.1 Å². The van der Waals surface area contributed by atoms with Gasteiger partial charge >= 0.3 is 6.03 Å². The van der Waals surface area contributed by atoms with Gasteiger partial charge in [0.25, 0.3) is 10.0 Å². The molecule has 29 heavy (non-hydrogen) atoms. The van der Waals surface area contributed by atoms with Crippen LogP contribution in [0.3, 0.4) is 0 Å². The van der Waals surface area contributed by atoms with Crippen molar-refractivity contribution in [3.63, 3.8) is 0 Å². The first kappa shape index (κ1) is 21.6. The number of benzene rings is 2. The van der Waals surface area contributed by atoms with E-state index in [1.165, 1.54) is 23.1 Å². The molecule has 0 fully saturated rings. The lowest BCUT2D eigenvalue weighted by Gasteiger charge is -2.38. The van der Waals surface area contributed by atoms with E-state index in [9.17, 15) is 18.3 Å². The summed E-state index contributed by atoms with van der Waals surface area (Å²) in [6.07, 6.45) is 0. The van der Waals surface area contributed by atoms with Crippen LogP contribution in [-0.4, -0.2) is 37.8 Å². The lowest BCUT2D eigenvalue weighted by Crippen LogP contribution is -2.53. The molecule has 7 nitrogen and oxygen atoms in total. The minimum atomic E-state index is -4.10. The standard InChI is InChI=1S/C20H23BrN2O5S/c1-13(2)22-17-11-16(28-12-20(3,4)25)9-10-18(17)29(26,27)23(19(22)24)15-7-5-14(21)6-8-15/h5-11,13,25H,12H2,1-4H3. The highest BCUT2D eigenvalue weighted by atomic mass is 79.9. The summed E-state index contributed by atoms with van der Waals surface area (Å²) in [5, 5.41) is 9.87. The summed E-state index contributed by atoms with van der Waals surface area (Å²) in [5.41, 5.74) is -0.531. The molecule has 0 unspecified atom stereocenters. The van der Waals surface area contributed by atoms with Crippen molar-refractivity contribution in [2.45, 2.75) is 44.2 Å². The lowest BCUT2D eigenvalue weighted by atomic mass is 10.1. The normalized spacial score (nSPS) is 16.2. The van der Waals surface area contributed by atoms with Crippen LogP contribution in [0.5, 0.6) is 5.75 Å². The van der Waals surface area contributed by atoms with Gasteiger partial charge in [-0.15, -0.1) is 0 Å².